The minimum atomic E-state index is -0.152. The van der Waals surface area contributed by atoms with Crippen molar-refractivity contribution in [1.29, 1.82) is 0 Å². The molecule has 0 spiro atoms. The molecule has 14 heavy (non-hydrogen) atoms. The first-order valence-corrected chi connectivity index (χ1v) is 5.37. The normalized spacial score (nSPS) is 32.7. The zero-order valence-corrected chi connectivity index (χ0v) is 9.91. The summed E-state index contributed by atoms with van der Waals surface area (Å²) in [5.74, 6) is 0.529. The lowest BCUT2D eigenvalue weighted by Crippen LogP contribution is -2.47. The number of hydrogen-bond acceptors (Lipinski definition) is 2. The first kappa shape index (κ1) is 11.7. The van der Waals surface area contributed by atoms with Crippen LogP contribution < -0.4 is 0 Å². The van der Waals surface area contributed by atoms with Crippen molar-refractivity contribution in [3.8, 4) is 0 Å². The van der Waals surface area contributed by atoms with Crippen molar-refractivity contribution in [3.05, 3.63) is 12.2 Å². The lowest BCUT2D eigenvalue weighted by atomic mass is 9.80. The van der Waals surface area contributed by atoms with Crippen LogP contribution >= 0.6 is 0 Å². The Balaban J connectivity index is 2.67. The molecule has 2 nitrogen and oxygen atoms in total. The highest BCUT2D eigenvalue weighted by atomic mass is 16.7. The monoisotopic (exact) mass is 198 g/mol. The molecule has 2 heteroatoms. The van der Waals surface area contributed by atoms with E-state index in [2.05, 4.69) is 27.7 Å². The Morgan fingerprint density at radius 1 is 1.36 bits per heavy atom. The molecule has 0 radical (unpaired) electrons. The Morgan fingerprint density at radius 2 is 2.00 bits per heavy atom. The third-order valence-electron chi connectivity index (χ3n) is 2.63. The summed E-state index contributed by atoms with van der Waals surface area (Å²) < 4.78 is 11.5. The fourth-order valence-electron chi connectivity index (χ4n) is 2.06. The summed E-state index contributed by atoms with van der Waals surface area (Å²) in [6, 6.07) is 0. The molecule has 0 bridgehead atoms. The largest absolute Gasteiger partial charge is 0.348 e. The maximum atomic E-state index is 5.89. The van der Waals surface area contributed by atoms with Crippen LogP contribution in [0, 0.1) is 11.3 Å². The standard InChI is InChI=1S/C12H22O2/c1-6-7-10-13-8-12(4,5)11(14-10)9(2)3/h6-7,9-11H,8H2,1-5H3. The first-order chi connectivity index (χ1) is 6.47. The summed E-state index contributed by atoms with van der Waals surface area (Å²) in [7, 11) is 0. The molecule has 1 rings (SSSR count). The van der Waals surface area contributed by atoms with Gasteiger partial charge in [0, 0.05) is 5.41 Å². The summed E-state index contributed by atoms with van der Waals surface area (Å²) in [5.41, 5.74) is 0.117. The SMILES string of the molecule is CC=CC1OCC(C)(C)C(C(C)C)O1. The van der Waals surface area contributed by atoms with Crippen LogP contribution in [-0.2, 0) is 9.47 Å². The average molecular weight is 198 g/mol. The van der Waals surface area contributed by atoms with Crippen LogP contribution in [0.25, 0.3) is 0 Å². The fraction of sp³-hybridized carbons (Fsp3) is 0.833. The summed E-state index contributed by atoms with van der Waals surface area (Å²) in [6.07, 6.45) is 4.06. The molecule has 0 amide bonds. The van der Waals surface area contributed by atoms with E-state index >= 15 is 0 Å². The van der Waals surface area contributed by atoms with Gasteiger partial charge in [-0.1, -0.05) is 33.8 Å². The molecule has 1 saturated heterocycles. The van der Waals surface area contributed by atoms with Gasteiger partial charge in [-0.2, -0.15) is 0 Å². The number of rotatable bonds is 2. The van der Waals surface area contributed by atoms with Crippen molar-refractivity contribution in [1.82, 2.24) is 0 Å². The van der Waals surface area contributed by atoms with Gasteiger partial charge in [0.25, 0.3) is 0 Å². The predicted octanol–water partition coefficient (Wildman–Crippen LogP) is 2.99. The molecule has 0 aromatic rings. The summed E-state index contributed by atoms with van der Waals surface area (Å²) >= 11 is 0. The van der Waals surface area contributed by atoms with E-state index in [1.807, 2.05) is 19.1 Å². The first-order valence-electron chi connectivity index (χ1n) is 5.37. The van der Waals surface area contributed by atoms with E-state index < -0.39 is 0 Å². The van der Waals surface area contributed by atoms with Gasteiger partial charge in [-0.25, -0.2) is 0 Å². The summed E-state index contributed by atoms with van der Waals surface area (Å²) in [4.78, 5) is 0. The van der Waals surface area contributed by atoms with Crippen LogP contribution in [0.1, 0.15) is 34.6 Å². The van der Waals surface area contributed by atoms with Crippen molar-refractivity contribution in [2.75, 3.05) is 6.61 Å². The smallest absolute Gasteiger partial charge is 0.177 e. The molecule has 82 valence electrons. The van der Waals surface area contributed by atoms with Crippen LogP contribution in [-0.4, -0.2) is 19.0 Å². The summed E-state index contributed by atoms with van der Waals surface area (Å²) in [6.45, 7) is 11.5. The Labute approximate surface area is 87.3 Å². The van der Waals surface area contributed by atoms with Gasteiger partial charge in [-0.05, 0) is 18.9 Å². The van der Waals surface area contributed by atoms with Crippen molar-refractivity contribution in [2.45, 2.75) is 47.0 Å². The van der Waals surface area contributed by atoms with Gasteiger partial charge >= 0.3 is 0 Å². The van der Waals surface area contributed by atoms with Gasteiger partial charge in [-0.3, -0.25) is 0 Å². The Morgan fingerprint density at radius 3 is 2.50 bits per heavy atom. The highest BCUT2D eigenvalue weighted by Gasteiger charge is 2.38. The zero-order chi connectivity index (χ0) is 10.8. The molecule has 2 atom stereocenters. The van der Waals surface area contributed by atoms with Gasteiger partial charge < -0.3 is 9.47 Å². The maximum absolute atomic E-state index is 5.89. The van der Waals surface area contributed by atoms with Crippen LogP contribution in [0.4, 0.5) is 0 Å². The molecular weight excluding hydrogens is 176 g/mol. The van der Waals surface area contributed by atoms with Crippen molar-refractivity contribution < 1.29 is 9.47 Å². The van der Waals surface area contributed by atoms with Gasteiger partial charge in [-0.15, -0.1) is 0 Å². The van der Waals surface area contributed by atoms with Crippen molar-refractivity contribution in [2.24, 2.45) is 11.3 Å². The molecule has 1 heterocycles. The second-order valence-corrected chi connectivity index (χ2v) is 4.99. The van der Waals surface area contributed by atoms with Crippen LogP contribution in [0.5, 0.6) is 0 Å². The second kappa shape index (κ2) is 4.45. The van der Waals surface area contributed by atoms with Crippen LogP contribution in [0.2, 0.25) is 0 Å². The van der Waals surface area contributed by atoms with Crippen molar-refractivity contribution in [3.63, 3.8) is 0 Å². The van der Waals surface area contributed by atoms with Gasteiger partial charge in [0.1, 0.15) is 0 Å². The van der Waals surface area contributed by atoms with E-state index in [0.717, 1.165) is 6.61 Å². The lowest BCUT2D eigenvalue weighted by molar-refractivity contribution is -0.249. The highest BCUT2D eigenvalue weighted by Crippen LogP contribution is 2.34. The Bertz CT molecular complexity index is 206. The van der Waals surface area contributed by atoms with Crippen LogP contribution in [0.15, 0.2) is 12.2 Å². The van der Waals surface area contributed by atoms with E-state index in [1.54, 1.807) is 0 Å². The van der Waals surface area contributed by atoms with Crippen molar-refractivity contribution >= 4 is 0 Å². The minimum absolute atomic E-state index is 0.117. The number of hydrogen-bond donors (Lipinski definition) is 0. The fourth-order valence-corrected chi connectivity index (χ4v) is 2.06. The second-order valence-electron chi connectivity index (χ2n) is 4.99. The number of ether oxygens (including phenoxy) is 2. The molecule has 0 aromatic carbocycles. The molecule has 1 aliphatic rings. The zero-order valence-electron chi connectivity index (χ0n) is 9.91. The quantitative estimate of drug-likeness (QED) is 0.635. The lowest BCUT2D eigenvalue weighted by Gasteiger charge is -2.43. The van der Waals surface area contributed by atoms with Gasteiger partial charge in [0.2, 0.25) is 0 Å². The summed E-state index contributed by atoms with van der Waals surface area (Å²) in [5, 5.41) is 0. The third-order valence-corrected chi connectivity index (χ3v) is 2.63. The maximum Gasteiger partial charge on any atom is 0.177 e. The minimum Gasteiger partial charge on any atom is -0.348 e. The topological polar surface area (TPSA) is 18.5 Å². The molecule has 1 fully saturated rings. The van der Waals surface area contributed by atoms with Gasteiger partial charge in [0.15, 0.2) is 6.29 Å². The highest BCUT2D eigenvalue weighted by molar-refractivity contribution is 4.90. The molecule has 0 saturated carbocycles. The Kier molecular flexibility index (Phi) is 3.73. The van der Waals surface area contributed by atoms with E-state index in [9.17, 15) is 0 Å². The Hall–Kier alpha value is -0.340. The molecule has 1 aliphatic heterocycles. The average Bonchev–Trinajstić information content (AvgIpc) is 2.08. The molecule has 0 aliphatic carbocycles. The number of allylic oxidation sites excluding steroid dienone is 1. The molecular formula is C12H22O2. The molecule has 0 N–H and O–H groups in total. The molecule has 0 aromatic heterocycles. The van der Waals surface area contributed by atoms with E-state index in [1.165, 1.54) is 0 Å². The van der Waals surface area contributed by atoms with E-state index in [4.69, 9.17) is 9.47 Å². The van der Waals surface area contributed by atoms with E-state index in [0.29, 0.717) is 5.92 Å². The third kappa shape index (κ3) is 2.58. The van der Waals surface area contributed by atoms with Crippen LogP contribution in [0.3, 0.4) is 0 Å². The van der Waals surface area contributed by atoms with Gasteiger partial charge in [0.05, 0.1) is 12.7 Å². The predicted molar refractivity (Wildman–Crippen MR) is 58.0 cm³/mol. The van der Waals surface area contributed by atoms with E-state index in [-0.39, 0.29) is 17.8 Å². The molecule has 2 unspecified atom stereocenters.